The van der Waals surface area contributed by atoms with Gasteiger partial charge in [-0.2, -0.15) is 0 Å². The van der Waals surface area contributed by atoms with Gasteiger partial charge < -0.3 is 15.7 Å². The molecule has 1 saturated heterocycles. The maximum Gasteiger partial charge on any atom is 0.151 e. The molecule has 1 aliphatic rings. The second-order valence-corrected chi connectivity index (χ2v) is 4.69. The first-order valence-electron chi connectivity index (χ1n) is 6.25. The average molecular weight is 256 g/mol. The van der Waals surface area contributed by atoms with Gasteiger partial charge in [0, 0.05) is 24.9 Å². The summed E-state index contributed by atoms with van der Waals surface area (Å²) >= 11 is 0. The molecule has 0 aromatic heterocycles. The first-order valence-corrected chi connectivity index (χ1v) is 6.25. The number of benzene rings is 1. The predicted molar refractivity (Wildman–Crippen MR) is 67.5 cm³/mol. The van der Waals surface area contributed by atoms with Crippen molar-refractivity contribution in [2.45, 2.75) is 31.7 Å². The number of halogens is 2. The molecule has 3 N–H and O–H groups in total. The van der Waals surface area contributed by atoms with Gasteiger partial charge in [0.05, 0.1) is 0 Å². The van der Waals surface area contributed by atoms with Crippen LogP contribution in [0.2, 0.25) is 0 Å². The number of anilines is 2. The van der Waals surface area contributed by atoms with Crippen LogP contribution in [0.5, 0.6) is 0 Å². The van der Waals surface area contributed by atoms with Crippen LogP contribution in [0, 0.1) is 11.6 Å². The largest absolute Gasteiger partial charge is 0.399 e. The molecule has 5 heteroatoms. The normalized spacial score (nSPS) is 19.5. The summed E-state index contributed by atoms with van der Waals surface area (Å²) in [4.78, 5) is 1.76. The zero-order chi connectivity index (χ0) is 13.1. The van der Waals surface area contributed by atoms with Gasteiger partial charge in [-0.3, -0.25) is 0 Å². The Hall–Kier alpha value is -1.36. The molecule has 18 heavy (non-hydrogen) atoms. The summed E-state index contributed by atoms with van der Waals surface area (Å²) in [5.74, 6) is -1.22. The molecule has 1 unspecified atom stereocenters. The van der Waals surface area contributed by atoms with E-state index in [1.165, 1.54) is 0 Å². The first kappa shape index (κ1) is 13.1. The maximum absolute atomic E-state index is 13.8. The highest BCUT2D eigenvalue weighted by Gasteiger charge is 2.28. The van der Waals surface area contributed by atoms with E-state index in [-0.39, 0.29) is 24.0 Å². The van der Waals surface area contributed by atoms with Gasteiger partial charge in [0.25, 0.3) is 0 Å². The highest BCUT2D eigenvalue weighted by atomic mass is 19.1. The quantitative estimate of drug-likeness (QED) is 0.813. The van der Waals surface area contributed by atoms with Crippen molar-refractivity contribution in [1.29, 1.82) is 0 Å². The fraction of sp³-hybridized carbons (Fsp3) is 0.538. The van der Waals surface area contributed by atoms with Crippen molar-refractivity contribution in [2.75, 3.05) is 23.8 Å². The third kappa shape index (κ3) is 2.56. The minimum atomic E-state index is -0.608. The molecule has 1 heterocycles. The molecule has 0 bridgehead atoms. The minimum absolute atomic E-state index is 0.0182. The second-order valence-electron chi connectivity index (χ2n) is 4.69. The summed E-state index contributed by atoms with van der Waals surface area (Å²) in [5, 5.41) is 8.85. The molecule has 1 fully saturated rings. The van der Waals surface area contributed by atoms with Crippen LogP contribution in [0.1, 0.15) is 25.7 Å². The highest BCUT2D eigenvalue weighted by molar-refractivity contribution is 5.57. The molecule has 0 spiro atoms. The van der Waals surface area contributed by atoms with Crippen molar-refractivity contribution >= 4 is 11.4 Å². The third-order valence-corrected chi connectivity index (χ3v) is 3.40. The smallest absolute Gasteiger partial charge is 0.151 e. The number of aliphatic hydroxyl groups is 1. The van der Waals surface area contributed by atoms with E-state index < -0.39 is 11.6 Å². The minimum Gasteiger partial charge on any atom is -0.399 e. The lowest BCUT2D eigenvalue weighted by molar-refractivity contribution is 0.279. The van der Waals surface area contributed by atoms with Crippen LogP contribution in [0.25, 0.3) is 0 Å². The first-order chi connectivity index (χ1) is 8.63. The topological polar surface area (TPSA) is 49.5 Å². The number of nitrogen functional groups attached to an aromatic ring is 1. The molecule has 1 atom stereocenters. The van der Waals surface area contributed by atoms with Crippen molar-refractivity contribution in [1.82, 2.24) is 0 Å². The van der Waals surface area contributed by atoms with Gasteiger partial charge in [-0.1, -0.05) is 0 Å². The van der Waals surface area contributed by atoms with E-state index in [4.69, 9.17) is 10.8 Å². The summed E-state index contributed by atoms with van der Waals surface area (Å²) in [5.41, 5.74) is 5.53. The Morgan fingerprint density at radius 1 is 1.33 bits per heavy atom. The lowest BCUT2D eigenvalue weighted by Gasteiger charge is -2.27. The Balaban J connectivity index is 2.24. The summed E-state index contributed by atoms with van der Waals surface area (Å²) < 4.78 is 27.7. The van der Waals surface area contributed by atoms with Crippen molar-refractivity contribution in [3.05, 3.63) is 23.8 Å². The Kier molecular flexibility index (Phi) is 4.01. The lowest BCUT2D eigenvalue weighted by atomic mass is 10.1. The van der Waals surface area contributed by atoms with Crippen molar-refractivity contribution < 1.29 is 13.9 Å². The summed E-state index contributed by atoms with van der Waals surface area (Å²) in [6.07, 6.45) is 3.22. The fourth-order valence-electron chi connectivity index (χ4n) is 2.62. The van der Waals surface area contributed by atoms with E-state index in [2.05, 4.69) is 0 Å². The van der Waals surface area contributed by atoms with Gasteiger partial charge in [0.2, 0.25) is 0 Å². The molecule has 1 aromatic carbocycles. The van der Waals surface area contributed by atoms with Crippen LogP contribution in [0.3, 0.4) is 0 Å². The lowest BCUT2D eigenvalue weighted by Crippen LogP contribution is -2.31. The van der Waals surface area contributed by atoms with E-state index in [1.807, 2.05) is 0 Å². The number of hydrogen-bond acceptors (Lipinski definition) is 3. The van der Waals surface area contributed by atoms with Gasteiger partial charge in [-0.25, -0.2) is 8.78 Å². The van der Waals surface area contributed by atoms with Crippen LogP contribution in [-0.4, -0.2) is 24.3 Å². The van der Waals surface area contributed by atoms with E-state index in [9.17, 15) is 8.78 Å². The Labute approximate surface area is 105 Å². The molecule has 0 saturated carbocycles. The Morgan fingerprint density at radius 2 is 2.00 bits per heavy atom. The van der Waals surface area contributed by atoms with E-state index in [0.29, 0.717) is 13.0 Å². The van der Waals surface area contributed by atoms with E-state index in [0.717, 1.165) is 31.4 Å². The Bertz CT molecular complexity index is 402. The number of hydrogen-bond donors (Lipinski definition) is 2. The highest BCUT2D eigenvalue weighted by Crippen LogP contribution is 2.33. The fourth-order valence-corrected chi connectivity index (χ4v) is 2.62. The number of rotatable bonds is 4. The molecule has 100 valence electrons. The number of aliphatic hydroxyl groups excluding tert-OH is 1. The molecule has 1 aromatic rings. The van der Waals surface area contributed by atoms with Crippen LogP contribution >= 0.6 is 0 Å². The third-order valence-electron chi connectivity index (χ3n) is 3.40. The molecular formula is C13H18F2N2O. The van der Waals surface area contributed by atoms with Crippen LogP contribution in [-0.2, 0) is 0 Å². The standard InChI is InChI=1S/C13H18F2N2O/c14-11-7-9(16)8-12(15)13(11)17-5-1-3-10(17)4-2-6-18/h7-8,10,18H,1-6,16H2. The zero-order valence-corrected chi connectivity index (χ0v) is 10.2. The predicted octanol–water partition coefficient (Wildman–Crippen LogP) is 2.29. The average Bonchev–Trinajstić information content (AvgIpc) is 2.73. The summed E-state index contributed by atoms with van der Waals surface area (Å²) in [6, 6.07) is 2.41. The second kappa shape index (κ2) is 5.52. The molecule has 1 aliphatic heterocycles. The number of nitrogens with two attached hydrogens (primary N) is 1. The molecule has 0 radical (unpaired) electrons. The van der Waals surface area contributed by atoms with Crippen LogP contribution in [0.15, 0.2) is 12.1 Å². The van der Waals surface area contributed by atoms with Gasteiger partial charge in [-0.05, 0) is 37.8 Å². The van der Waals surface area contributed by atoms with Gasteiger partial charge in [0.15, 0.2) is 11.6 Å². The monoisotopic (exact) mass is 256 g/mol. The van der Waals surface area contributed by atoms with E-state index in [1.54, 1.807) is 4.90 Å². The van der Waals surface area contributed by atoms with Crippen molar-refractivity contribution in [3.8, 4) is 0 Å². The molecule has 0 amide bonds. The molecule has 0 aliphatic carbocycles. The van der Waals surface area contributed by atoms with Crippen LogP contribution < -0.4 is 10.6 Å². The van der Waals surface area contributed by atoms with Crippen molar-refractivity contribution in [3.63, 3.8) is 0 Å². The summed E-state index contributed by atoms with van der Waals surface area (Å²) in [7, 11) is 0. The molecule has 2 rings (SSSR count). The Morgan fingerprint density at radius 3 is 2.61 bits per heavy atom. The van der Waals surface area contributed by atoms with Crippen LogP contribution in [0.4, 0.5) is 20.2 Å². The zero-order valence-electron chi connectivity index (χ0n) is 10.2. The number of nitrogens with zero attached hydrogens (tertiary/aromatic N) is 1. The maximum atomic E-state index is 13.8. The SMILES string of the molecule is Nc1cc(F)c(N2CCCC2CCCO)c(F)c1. The molecule has 3 nitrogen and oxygen atoms in total. The van der Waals surface area contributed by atoms with Gasteiger partial charge in [0.1, 0.15) is 5.69 Å². The van der Waals surface area contributed by atoms with Crippen molar-refractivity contribution in [2.24, 2.45) is 0 Å². The van der Waals surface area contributed by atoms with Gasteiger partial charge in [-0.15, -0.1) is 0 Å². The van der Waals surface area contributed by atoms with Gasteiger partial charge >= 0.3 is 0 Å². The summed E-state index contributed by atoms with van der Waals surface area (Å²) in [6.45, 7) is 0.755. The molecular weight excluding hydrogens is 238 g/mol. The van der Waals surface area contributed by atoms with E-state index >= 15 is 0 Å².